The molecule has 1 aliphatic rings. The molecule has 1 saturated heterocycles. The largest absolute Gasteiger partial charge is 0.483 e. The number of sulfonamides is 1. The molecule has 3 aromatic carbocycles. The number of nitrogens with one attached hydrogen (secondary N) is 1. The van der Waals surface area contributed by atoms with Crippen LogP contribution in [0.4, 0.5) is 8.78 Å². The van der Waals surface area contributed by atoms with Crippen molar-refractivity contribution in [2.24, 2.45) is 0 Å². The van der Waals surface area contributed by atoms with Crippen LogP contribution in [0, 0.1) is 11.6 Å². The van der Waals surface area contributed by atoms with Crippen LogP contribution in [0.15, 0.2) is 71.6 Å². The molecule has 0 bridgehead atoms. The van der Waals surface area contributed by atoms with Crippen molar-refractivity contribution in [2.45, 2.75) is 43.8 Å². The number of carbonyl (C=O) groups is 2. The van der Waals surface area contributed by atoms with Crippen LogP contribution in [0.2, 0.25) is 5.02 Å². The standard InChI is InChI=1S/C29H30ClF2N3O5S/c1-19-16-35(20(2)15-34(19)17-21-7-10-24(31)11-8-21)29(37)18-40-26-12-9-23(30)13-22(26)14-28(36)33-41(38,39)27-6-4-3-5-25(27)32/h3-13,19-20H,14-18H2,1-2H3,(H,33,36)/t19-,20+/m0/s1. The maximum atomic E-state index is 14.0. The summed E-state index contributed by atoms with van der Waals surface area (Å²) in [5.74, 6) is -2.26. The number of amides is 2. The topological polar surface area (TPSA) is 96.0 Å². The Kier molecular flexibility index (Phi) is 9.62. The Bertz CT molecular complexity index is 1520. The van der Waals surface area contributed by atoms with Gasteiger partial charge in [-0.25, -0.2) is 21.9 Å². The van der Waals surface area contributed by atoms with Gasteiger partial charge < -0.3 is 9.64 Å². The molecule has 0 aromatic heterocycles. The minimum absolute atomic E-state index is 0.0476. The van der Waals surface area contributed by atoms with Gasteiger partial charge in [0.15, 0.2) is 6.61 Å². The Balaban J connectivity index is 1.37. The first-order valence-electron chi connectivity index (χ1n) is 12.9. The molecule has 0 unspecified atom stereocenters. The molecule has 12 heteroatoms. The Morgan fingerprint density at radius 2 is 1.71 bits per heavy atom. The molecular weight excluding hydrogens is 576 g/mol. The summed E-state index contributed by atoms with van der Waals surface area (Å²) >= 11 is 6.10. The highest BCUT2D eigenvalue weighted by atomic mass is 35.5. The van der Waals surface area contributed by atoms with Crippen LogP contribution in [0.3, 0.4) is 0 Å². The van der Waals surface area contributed by atoms with Crippen molar-refractivity contribution in [3.8, 4) is 5.75 Å². The number of ether oxygens (including phenoxy) is 1. The van der Waals surface area contributed by atoms with E-state index in [-0.39, 0.29) is 46.8 Å². The summed E-state index contributed by atoms with van der Waals surface area (Å²) in [6, 6.07) is 15.5. The maximum absolute atomic E-state index is 14.0. The molecule has 1 heterocycles. The van der Waals surface area contributed by atoms with Gasteiger partial charge in [0.2, 0.25) is 5.91 Å². The molecule has 1 fully saturated rings. The summed E-state index contributed by atoms with van der Waals surface area (Å²) in [5, 5.41) is 0.281. The summed E-state index contributed by atoms with van der Waals surface area (Å²) in [4.78, 5) is 29.0. The van der Waals surface area contributed by atoms with Gasteiger partial charge in [0.05, 0.1) is 6.42 Å². The van der Waals surface area contributed by atoms with Crippen molar-refractivity contribution in [1.29, 1.82) is 0 Å². The van der Waals surface area contributed by atoms with Crippen molar-refractivity contribution in [1.82, 2.24) is 14.5 Å². The lowest BCUT2D eigenvalue weighted by atomic mass is 10.1. The smallest absolute Gasteiger partial charge is 0.266 e. The summed E-state index contributed by atoms with van der Waals surface area (Å²) in [6.45, 7) is 5.37. The van der Waals surface area contributed by atoms with Crippen LogP contribution in [0.5, 0.6) is 5.75 Å². The fraction of sp³-hybridized carbons (Fsp3) is 0.310. The first kappa shape index (κ1) is 30.4. The molecule has 1 aliphatic heterocycles. The van der Waals surface area contributed by atoms with E-state index in [9.17, 15) is 26.8 Å². The Morgan fingerprint density at radius 3 is 2.41 bits per heavy atom. The van der Waals surface area contributed by atoms with Crippen molar-refractivity contribution < 1.29 is 31.5 Å². The lowest BCUT2D eigenvalue weighted by Gasteiger charge is -2.44. The predicted molar refractivity (Wildman–Crippen MR) is 150 cm³/mol. The van der Waals surface area contributed by atoms with E-state index in [1.807, 2.05) is 18.6 Å². The van der Waals surface area contributed by atoms with Crippen LogP contribution < -0.4 is 9.46 Å². The number of rotatable bonds is 9. The van der Waals surface area contributed by atoms with Crippen LogP contribution in [0.25, 0.3) is 0 Å². The highest BCUT2D eigenvalue weighted by Crippen LogP contribution is 2.25. The second kappa shape index (κ2) is 13.0. The van der Waals surface area contributed by atoms with Crippen LogP contribution in [-0.2, 0) is 32.6 Å². The monoisotopic (exact) mass is 605 g/mol. The lowest BCUT2D eigenvalue weighted by molar-refractivity contribution is -0.139. The van der Waals surface area contributed by atoms with Crippen molar-refractivity contribution in [2.75, 3.05) is 19.7 Å². The van der Waals surface area contributed by atoms with Crippen LogP contribution in [-0.4, -0.2) is 61.8 Å². The van der Waals surface area contributed by atoms with Crippen molar-refractivity contribution in [3.63, 3.8) is 0 Å². The molecule has 2 atom stereocenters. The van der Waals surface area contributed by atoms with E-state index in [4.69, 9.17) is 16.3 Å². The fourth-order valence-corrected chi connectivity index (χ4v) is 5.98. The first-order chi connectivity index (χ1) is 19.4. The van der Waals surface area contributed by atoms with Crippen LogP contribution >= 0.6 is 11.6 Å². The van der Waals surface area contributed by atoms with E-state index in [1.54, 1.807) is 17.0 Å². The molecule has 0 saturated carbocycles. The molecule has 0 spiro atoms. The predicted octanol–water partition coefficient (Wildman–Crippen LogP) is 4.17. The molecule has 2 amide bonds. The van der Waals surface area contributed by atoms with Crippen LogP contribution in [0.1, 0.15) is 25.0 Å². The van der Waals surface area contributed by atoms with Crippen molar-refractivity contribution in [3.05, 3.63) is 94.5 Å². The van der Waals surface area contributed by atoms with Gasteiger partial charge in [-0.05, 0) is 61.9 Å². The zero-order valence-corrected chi connectivity index (χ0v) is 24.1. The zero-order valence-electron chi connectivity index (χ0n) is 22.5. The molecule has 41 heavy (non-hydrogen) atoms. The second-order valence-electron chi connectivity index (χ2n) is 9.98. The third-order valence-electron chi connectivity index (χ3n) is 6.83. The van der Waals surface area contributed by atoms with E-state index < -0.39 is 33.1 Å². The number of benzene rings is 3. The average Bonchev–Trinajstić information content (AvgIpc) is 2.91. The minimum Gasteiger partial charge on any atom is -0.483 e. The molecule has 4 rings (SSSR count). The van der Waals surface area contributed by atoms with E-state index in [0.717, 1.165) is 17.7 Å². The van der Waals surface area contributed by atoms with Gasteiger partial charge in [-0.15, -0.1) is 0 Å². The van der Waals surface area contributed by atoms with E-state index in [0.29, 0.717) is 19.6 Å². The van der Waals surface area contributed by atoms with E-state index >= 15 is 0 Å². The number of hydrogen-bond donors (Lipinski definition) is 1. The summed E-state index contributed by atoms with van der Waals surface area (Å²) in [6.07, 6.45) is -0.437. The molecule has 0 aliphatic carbocycles. The zero-order chi connectivity index (χ0) is 29.7. The molecular formula is C29H30ClF2N3O5S. The molecule has 0 radical (unpaired) electrons. The summed E-state index contributed by atoms with van der Waals surface area (Å²) in [5.41, 5.74) is 1.24. The first-order valence-corrected chi connectivity index (χ1v) is 14.8. The summed E-state index contributed by atoms with van der Waals surface area (Å²) in [7, 11) is -4.44. The highest BCUT2D eigenvalue weighted by Gasteiger charge is 2.32. The Labute approximate surface area is 242 Å². The SMILES string of the molecule is C[C@@H]1CN(Cc2ccc(F)cc2)[C@@H](C)CN1C(=O)COc1ccc(Cl)cc1CC(=O)NS(=O)(=O)c1ccccc1F. The van der Waals surface area contributed by atoms with E-state index in [2.05, 4.69) is 4.90 Å². The summed E-state index contributed by atoms with van der Waals surface area (Å²) < 4.78 is 59.8. The van der Waals surface area contributed by atoms with Gasteiger partial charge in [-0.1, -0.05) is 35.9 Å². The molecule has 218 valence electrons. The normalized spacial score (nSPS) is 17.7. The average molecular weight is 606 g/mol. The number of piperazine rings is 1. The maximum Gasteiger partial charge on any atom is 0.266 e. The third-order valence-corrected chi connectivity index (χ3v) is 8.47. The number of halogens is 3. The number of nitrogens with zero attached hydrogens (tertiary/aromatic N) is 2. The Hall–Kier alpha value is -3.54. The highest BCUT2D eigenvalue weighted by molar-refractivity contribution is 7.90. The fourth-order valence-electron chi connectivity index (χ4n) is 4.72. The number of carbonyl (C=O) groups excluding carboxylic acids is 2. The quantitative estimate of drug-likeness (QED) is 0.393. The van der Waals surface area contributed by atoms with Gasteiger partial charge in [-0.3, -0.25) is 14.5 Å². The molecule has 3 aromatic rings. The van der Waals surface area contributed by atoms with Gasteiger partial charge >= 0.3 is 0 Å². The van der Waals surface area contributed by atoms with E-state index in [1.165, 1.54) is 42.5 Å². The van der Waals surface area contributed by atoms with Gasteiger partial charge in [0.25, 0.3) is 15.9 Å². The minimum atomic E-state index is -4.44. The number of hydrogen-bond acceptors (Lipinski definition) is 6. The Morgan fingerprint density at radius 1 is 1.00 bits per heavy atom. The van der Waals surface area contributed by atoms with Gasteiger partial charge in [-0.2, -0.15) is 0 Å². The second-order valence-corrected chi connectivity index (χ2v) is 12.1. The van der Waals surface area contributed by atoms with Gasteiger partial charge in [0, 0.05) is 42.3 Å². The lowest BCUT2D eigenvalue weighted by Crippen LogP contribution is -2.58. The van der Waals surface area contributed by atoms with Crippen molar-refractivity contribution >= 4 is 33.4 Å². The molecule has 8 nitrogen and oxygen atoms in total. The molecule has 1 N–H and O–H groups in total. The third kappa shape index (κ3) is 7.81. The van der Waals surface area contributed by atoms with Gasteiger partial charge in [0.1, 0.15) is 22.3 Å².